The summed E-state index contributed by atoms with van der Waals surface area (Å²) in [6.45, 7) is 1.62. The molecular weight excluding hydrogens is 340 g/mol. The van der Waals surface area contributed by atoms with Crippen molar-refractivity contribution < 1.29 is 9.59 Å². The summed E-state index contributed by atoms with van der Waals surface area (Å²) in [7, 11) is 0. The van der Waals surface area contributed by atoms with Crippen molar-refractivity contribution in [2.75, 3.05) is 18.4 Å². The Morgan fingerprint density at radius 3 is 2.70 bits per heavy atom. The highest BCUT2D eigenvalue weighted by Gasteiger charge is 2.19. The number of fused-ring (bicyclic) bond motifs is 1. The lowest BCUT2D eigenvalue weighted by molar-refractivity contribution is -0.116. The number of para-hydroxylation sites is 2. The number of aromatic amines is 1. The van der Waals surface area contributed by atoms with Gasteiger partial charge in [-0.25, -0.2) is 4.98 Å². The first-order chi connectivity index (χ1) is 13.2. The average molecular weight is 362 g/mol. The lowest BCUT2D eigenvalue weighted by Crippen LogP contribution is -2.27. The van der Waals surface area contributed by atoms with Gasteiger partial charge < -0.3 is 15.2 Å². The van der Waals surface area contributed by atoms with E-state index in [4.69, 9.17) is 0 Å². The van der Waals surface area contributed by atoms with Gasteiger partial charge in [-0.2, -0.15) is 0 Å². The van der Waals surface area contributed by atoms with Crippen LogP contribution in [-0.4, -0.2) is 39.8 Å². The number of hydrogen-bond donors (Lipinski definition) is 2. The summed E-state index contributed by atoms with van der Waals surface area (Å²) >= 11 is 0. The van der Waals surface area contributed by atoms with Crippen molar-refractivity contribution in [1.29, 1.82) is 0 Å². The molecule has 0 spiro atoms. The smallest absolute Gasteiger partial charge is 0.253 e. The average Bonchev–Trinajstić information content (AvgIpc) is 3.35. The molecule has 1 aliphatic rings. The van der Waals surface area contributed by atoms with Gasteiger partial charge in [0.05, 0.1) is 11.0 Å². The molecule has 0 saturated carbocycles. The van der Waals surface area contributed by atoms with Crippen LogP contribution in [0.5, 0.6) is 0 Å². The molecule has 2 amide bonds. The van der Waals surface area contributed by atoms with Crippen LogP contribution in [0.4, 0.5) is 5.69 Å². The number of carbonyl (C=O) groups excluding carboxylic acids is 2. The normalized spacial score (nSPS) is 13.9. The topological polar surface area (TPSA) is 78.1 Å². The van der Waals surface area contributed by atoms with Crippen LogP contribution in [-0.2, 0) is 11.2 Å². The van der Waals surface area contributed by atoms with Gasteiger partial charge in [-0.3, -0.25) is 9.59 Å². The molecule has 1 aliphatic heterocycles. The molecular formula is C21H22N4O2. The Hall–Kier alpha value is -3.15. The van der Waals surface area contributed by atoms with Crippen LogP contribution < -0.4 is 5.32 Å². The predicted molar refractivity (Wildman–Crippen MR) is 105 cm³/mol. The van der Waals surface area contributed by atoms with Gasteiger partial charge in [-0.1, -0.05) is 18.2 Å². The minimum atomic E-state index is -0.0961. The fourth-order valence-electron chi connectivity index (χ4n) is 3.41. The molecule has 0 radical (unpaired) electrons. The van der Waals surface area contributed by atoms with E-state index in [2.05, 4.69) is 15.3 Å². The molecule has 0 unspecified atom stereocenters. The van der Waals surface area contributed by atoms with Gasteiger partial charge in [0, 0.05) is 37.2 Å². The molecule has 0 bridgehead atoms. The first-order valence-electron chi connectivity index (χ1n) is 9.32. The Morgan fingerprint density at radius 2 is 1.89 bits per heavy atom. The number of benzene rings is 2. The lowest BCUT2D eigenvalue weighted by atomic mass is 10.1. The number of aromatic nitrogens is 2. The molecule has 6 heteroatoms. The molecule has 4 rings (SSSR count). The van der Waals surface area contributed by atoms with Gasteiger partial charge in [0.1, 0.15) is 5.82 Å². The van der Waals surface area contributed by atoms with E-state index in [1.165, 1.54) is 0 Å². The van der Waals surface area contributed by atoms with Crippen LogP contribution in [0.15, 0.2) is 48.5 Å². The number of imidazole rings is 1. The fraction of sp³-hybridized carbons (Fsp3) is 0.286. The molecule has 2 heterocycles. The van der Waals surface area contributed by atoms with Crippen LogP contribution in [0.3, 0.4) is 0 Å². The second kappa shape index (κ2) is 7.61. The Labute approximate surface area is 157 Å². The predicted octanol–water partition coefficient (Wildman–Crippen LogP) is 3.37. The first-order valence-corrected chi connectivity index (χ1v) is 9.32. The first kappa shape index (κ1) is 17.3. The Balaban J connectivity index is 1.36. The Bertz CT molecular complexity index is 940. The third-order valence-corrected chi connectivity index (χ3v) is 4.81. The fourth-order valence-corrected chi connectivity index (χ4v) is 3.41. The van der Waals surface area contributed by atoms with E-state index in [1.807, 2.05) is 29.2 Å². The van der Waals surface area contributed by atoms with Crippen LogP contribution in [0.1, 0.15) is 35.4 Å². The molecule has 138 valence electrons. The summed E-state index contributed by atoms with van der Waals surface area (Å²) in [5, 5.41) is 2.88. The summed E-state index contributed by atoms with van der Waals surface area (Å²) in [6.07, 6.45) is 2.98. The summed E-state index contributed by atoms with van der Waals surface area (Å²) in [5.74, 6) is 0.733. The third-order valence-electron chi connectivity index (χ3n) is 4.81. The number of likely N-dealkylation sites (tertiary alicyclic amines) is 1. The van der Waals surface area contributed by atoms with Gasteiger partial charge in [-0.05, 0) is 43.2 Å². The van der Waals surface area contributed by atoms with E-state index in [9.17, 15) is 9.59 Å². The Kier molecular flexibility index (Phi) is 4.87. The second-order valence-corrected chi connectivity index (χ2v) is 6.83. The highest BCUT2D eigenvalue weighted by atomic mass is 16.2. The lowest BCUT2D eigenvalue weighted by Gasteiger charge is -2.15. The van der Waals surface area contributed by atoms with Crippen molar-refractivity contribution in [3.8, 4) is 0 Å². The highest BCUT2D eigenvalue weighted by molar-refractivity contribution is 5.97. The Morgan fingerprint density at radius 1 is 1.07 bits per heavy atom. The zero-order valence-corrected chi connectivity index (χ0v) is 15.1. The molecule has 2 N–H and O–H groups in total. The molecule has 6 nitrogen and oxygen atoms in total. The standard InChI is InChI=1S/C21H22N4O2/c26-20(11-10-19-23-17-8-1-2-9-18(17)24-19)22-16-7-5-6-15(14-16)21(27)25-12-3-4-13-25/h1-2,5-9,14H,3-4,10-13H2,(H,22,26)(H,23,24). The summed E-state index contributed by atoms with van der Waals surface area (Å²) in [5.41, 5.74) is 3.14. The van der Waals surface area contributed by atoms with E-state index in [-0.39, 0.29) is 11.8 Å². The van der Waals surface area contributed by atoms with E-state index in [0.29, 0.717) is 24.1 Å². The molecule has 2 aromatic carbocycles. The van der Waals surface area contributed by atoms with E-state index < -0.39 is 0 Å². The van der Waals surface area contributed by atoms with Gasteiger partial charge in [0.25, 0.3) is 5.91 Å². The van der Waals surface area contributed by atoms with Crippen LogP contribution >= 0.6 is 0 Å². The number of amides is 2. The van der Waals surface area contributed by atoms with E-state index in [0.717, 1.165) is 42.8 Å². The van der Waals surface area contributed by atoms with Crippen LogP contribution in [0.2, 0.25) is 0 Å². The number of aryl methyl sites for hydroxylation is 1. The molecule has 0 atom stereocenters. The SMILES string of the molecule is O=C(CCc1nc2ccccc2[nH]1)Nc1cccc(C(=O)N2CCCC2)c1. The van der Waals surface area contributed by atoms with Gasteiger partial charge in [-0.15, -0.1) is 0 Å². The number of hydrogen-bond acceptors (Lipinski definition) is 3. The van der Waals surface area contributed by atoms with Crippen molar-refractivity contribution in [1.82, 2.24) is 14.9 Å². The summed E-state index contributed by atoms with van der Waals surface area (Å²) in [6, 6.07) is 15.0. The third kappa shape index (κ3) is 4.00. The largest absolute Gasteiger partial charge is 0.342 e. The number of nitrogens with one attached hydrogen (secondary N) is 2. The molecule has 3 aromatic rings. The van der Waals surface area contributed by atoms with Crippen molar-refractivity contribution in [3.63, 3.8) is 0 Å². The monoisotopic (exact) mass is 362 g/mol. The maximum Gasteiger partial charge on any atom is 0.253 e. The molecule has 1 aromatic heterocycles. The molecule has 1 saturated heterocycles. The van der Waals surface area contributed by atoms with Gasteiger partial charge >= 0.3 is 0 Å². The second-order valence-electron chi connectivity index (χ2n) is 6.83. The number of nitrogens with zero attached hydrogens (tertiary/aromatic N) is 2. The zero-order valence-electron chi connectivity index (χ0n) is 15.1. The molecule has 1 fully saturated rings. The maximum absolute atomic E-state index is 12.5. The minimum absolute atomic E-state index is 0.0332. The molecule has 27 heavy (non-hydrogen) atoms. The number of rotatable bonds is 5. The molecule has 0 aliphatic carbocycles. The number of anilines is 1. The van der Waals surface area contributed by atoms with E-state index >= 15 is 0 Å². The summed E-state index contributed by atoms with van der Waals surface area (Å²) in [4.78, 5) is 34.4. The minimum Gasteiger partial charge on any atom is -0.342 e. The highest BCUT2D eigenvalue weighted by Crippen LogP contribution is 2.17. The number of H-pyrrole nitrogens is 1. The van der Waals surface area contributed by atoms with Crippen molar-refractivity contribution in [3.05, 3.63) is 59.9 Å². The van der Waals surface area contributed by atoms with Crippen LogP contribution in [0.25, 0.3) is 11.0 Å². The van der Waals surface area contributed by atoms with Crippen LogP contribution in [0, 0.1) is 0 Å². The maximum atomic E-state index is 12.5. The number of carbonyl (C=O) groups is 2. The van der Waals surface area contributed by atoms with E-state index in [1.54, 1.807) is 24.3 Å². The van der Waals surface area contributed by atoms with Gasteiger partial charge in [0.2, 0.25) is 5.91 Å². The summed E-state index contributed by atoms with van der Waals surface area (Å²) < 4.78 is 0. The van der Waals surface area contributed by atoms with Crippen molar-refractivity contribution in [2.45, 2.75) is 25.7 Å². The zero-order chi connectivity index (χ0) is 18.6. The van der Waals surface area contributed by atoms with Gasteiger partial charge in [0.15, 0.2) is 0 Å². The quantitative estimate of drug-likeness (QED) is 0.730. The van der Waals surface area contributed by atoms with Crippen molar-refractivity contribution in [2.24, 2.45) is 0 Å². The van der Waals surface area contributed by atoms with Crippen molar-refractivity contribution >= 4 is 28.5 Å².